The molecule has 1 aromatic heterocycles. The van der Waals surface area contributed by atoms with Crippen molar-refractivity contribution in [1.82, 2.24) is 14.6 Å². The molecule has 0 radical (unpaired) electrons. The van der Waals surface area contributed by atoms with Crippen LogP contribution in [-0.4, -0.2) is 30.2 Å². The van der Waals surface area contributed by atoms with Gasteiger partial charge in [0.1, 0.15) is 5.82 Å². The molecule has 160 valence electrons. The molecule has 1 amide bonds. The smallest absolute Gasteiger partial charge is 0.243 e. The summed E-state index contributed by atoms with van der Waals surface area (Å²) in [4.78, 5) is 16.8. The van der Waals surface area contributed by atoms with E-state index in [-0.39, 0.29) is 23.8 Å². The summed E-state index contributed by atoms with van der Waals surface area (Å²) in [5, 5.41) is 2.85. The maximum Gasteiger partial charge on any atom is 0.243 e. The number of carbonyl (C=O) groups is 1. The summed E-state index contributed by atoms with van der Waals surface area (Å²) < 4.78 is 41.4. The van der Waals surface area contributed by atoms with Crippen LogP contribution in [0.1, 0.15) is 29.2 Å². The van der Waals surface area contributed by atoms with Gasteiger partial charge in [0.05, 0.1) is 10.9 Å². The number of benzene rings is 2. The van der Waals surface area contributed by atoms with E-state index in [1.54, 1.807) is 18.5 Å². The van der Waals surface area contributed by atoms with E-state index in [9.17, 15) is 17.6 Å². The van der Waals surface area contributed by atoms with Gasteiger partial charge >= 0.3 is 0 Å². The lowest BCUT2D eigenvalue weighted by Gasteiger charge is -2.36. The summed E-state index contributed by atoms with van der Waals surface area (Å²) in [5.41, 5.74) is 2.70. The van der Waals surface area contributed by atoms with Crippen LogP contribution < -0.4 is 5.32 Å². The Hall–Kier alpha value is -3.10. The quantitative estimate of drug-likeness (QED) is 0.640. The molecule has 2 aromatic carbocycles. The van der Waals surface area contributed by atoms with Gasteiger partial charge < -0.3 is 5.32 Å². The zero-order chi connectivity index (χ0) is 21.8. The van der Waals surface area contributed by atoms with Gasteiger partial charge in [0, 0.05) is 31.9 Å². The lowest BCUT2D eigenvalue weighted by atomic mass is 9.92. The number of hydrogen-bond acceptors (Lipinski definition) is 4. The SMILES string of the molecule is O=C(CC1c2ccccc2CCN1S(=O)(=O)c1ccc(F)cc1)NCc1cccnc1. The molecule has 1 aliphatic heterocycles. The minimum atomic E-state index is -3.91. The first-order valence-corrected chi connectivity index (χ1v) is 11.4. The molecule has 31 heavy (non-hydrogen) atoms. The summed E-state index contributed by atoms with van der Waals surface area (Å²) >= 11 is 0. The lowest BCUT2D eigenvalue weighted by molar-refractivity contribution is -0.122. The topological polar surface area (TPSA) is 79.4 Å². The van der Waals surface area contributed by atoms with Crippen LogP contribution in [-0.2, 0) is 27.8 Å². The zero-order valence-electron chi connectivity index (χ0n) is 16.7. The number of aromatic nitrogens is 1. The van der Waals surface area contributed by atoms with Crippen LogP contribution in [0.15, 0.2) is 78.0 Å². The fourth-order valence-corrected chi connectivity index (χ4v) is 5.43. The minimum Gasteiger partial charge on any atom is -0.352 e. The first-order valence-electron chi connectivity index (χ1n) is 9.96. The van der Waals surface area contributed by atoms with Crippen LogP contribution in [0.5, 0.6) is 0 Å². The minimum absolute atomic E-state index is 0.00838. The molecule has 0 bridgehead atoms. The monoisotopic (exact) mass is 439 g/mol. The number of halogens is 1. The molecule has 8 heteroatoms. The fraction of sp³-hybridized carbons (Fsp3) is 0.217. The van der Waals surface area contributed by atoms with Gasteiger partial charge in [-0.05, 0) is 53.4 Å². The predicted molar refractivity (Wildman–Crippen MR) is 114 cm³/mol. The van der Waals surface area contributed by atoms with Gasteiger partial charge in [0.2, 0.25) is 15.9 Å². The van der Waals surface area contributed by atoms with Crippen molar-refractivity contribution < 1.29 is 17.6 Å². The molecule has 0 saturated heterocycles. The fourth-order valence-electron chi connectivity index (χ4n) is 3.82. The highest BCUT2D eigenvalue weighted by atomic mass is 32.2. The van der Waals surface area contributed by atoms with Gasteiger partial charge in [-0.15, -0.1) is 0 Å². The van der Waals surface area contributed by atoms with Crippen molar-refractivity contribution in [3.63, 3.8) is 0 Å². The second kappa shape index (κ2) is 8.95. The molecule has 2 heterocycles. The molecule has 3 aromatic rings. The van der Waals surface area contributed by atoms with E-state index in [4.69, 9.17) is 0 Å². The van der Waals surface area contributed by atoms with Crippen molar-refractivity contribution in [2.24, 2.45) is 0 Å². The van der Waals surface area contributed by atoms with Gasteiger partial charge in [-0.25, -0.2) is 12.8 Å². The zero-order valence-corrected chi connectivity index (χ0v) is 17.6. The number of carbonyl (C=O) groups excluding carboxylic acids is 1. The number of nitrogens with one attached hydrogen (secondary N) is 1. The van der Waals surface area contributed by atoms with E-state index >= 15 is 0 Å². The number of rotatable bonds is 6. The first-order chi connectivity index (χ1) is 14.9. The molecule has 4 rings (SSSR count). The van der Waals surface area contributed by atoms with E-state index in [0.29, 0.717) is 13.0 Å². The number of amides is 1. The standard InChI is InChI=1S/C23H22FN3O3S/c24-19-7-9-20(10-8-19)31(29,30)27-13-11-18-5-1-2-6-21(18)22(27)14-23(28)26-16-17-4-3-12-25-15-17/h1-10,12,15,22H,11,13-14,16H2,(H,26,28). The van der Waals surface area contributed by atoms with E-state index in [0.717, 1.165) is 28.8 Å². The summed E-state index contributed by atoms with van der Waals surface area (Å²) in [5.74, 6) is -0.765. The maximum absolute atomic E-state index is 13.3. The third-order valence-corrected chi connectivity index (χ3v) is 7.30. The van der Waals surface area contributed by atoms with Crippen LogP contribution in [0.2, 0.25) is 0 Å². The molecule has 0 saturated carbocycles. The van der Waals surface area contributed by atoms with Crippen molar-refractivity contribution in [2.45, 2.75) is 30.3 Å². The molecule has 1 aliphatic rings. The first kappa shape index (κ1) is 21.1. The second-order valence-corrected chi connectivity index (χ2v) is 9.27. The summed E-state index contributed by atoms with van der Waals surface area (Å²) in [6.07, 6.45) is 3.85. The Morgan fingerprint density at radius 2 is 1.87 bits per heavy atom. The molecule has 0 fully saturated rings. The molecule has 0 spiro atoms. The highest BCUT2D eigenvalue weighted by molar-refractivity contribution is 7.89. The van der Waals surface area contributed by atoms with E-state index in [1.807, 2.05) is 30.3 Å². The molecule has 0 aliphatic carbocycles. The van der Waals surface area contributed by atoms with Crippen molar-refractivity contribution in [1.29, 1.82) is 0 Å². The van der Waals surface area contributed by atoms with Gasteiger partial charge in [-0.1, -0.05) is 30.3 Å². The highest BCUT2D eigenvalue weighted by Gasteiger charge is 2.37. The lowest BCUT2D eigenvalue weighted by Crippen LogP contribution is -2.42. The Morgan fingerprint density at radius 1 is 1.10 bits per heavy atom. The van der Waals surface area contributed by atoms with Gasteiger partial charge in [-0.3, -0.25) is 9.78 Å². The predicted octanol–water partition coefficient (Wildman–Crippen LogP) is 3.22. The molecule has 6 nitrogen and oxygen atoms in total. The third kappa shape index (κ3) is 4.65. The third-order valence-electron chi connectivity index (χ3n) is 5.37. The Labute approximate surface area is 180 Å². The van der Waals surface area contributed by atoms with Crippen molar-refractivity contribution >= 4 is 15.9 Å². The Kier molecular flexibility index (Phi) is 6.11. The van der Waals surface area contributed by atoms with Crippen LogP contribution in [0.4, 0.5) is 4.39 Å². The average molecular weight is 440 g/mol. The average Bonchev–Trinajstić information content (AvgIpc) is 2.79. The number of sulfonamides is 1. The Bertz CT molecular complexity index is 1170. The Morgan fingerprint density at radius 3 is 2.61 bits per heavy atom. The van der Waals surface area contributed by atoms with Gasteiger partial charge in [0.25, 0.3) is 0 Å². The van der Waals surface area contributed by atoms with Crippen molar-refractivity contribution in [3.8, 4) is 0 Å². The van der Waals surface area contributed by atoms with Gasteiger partial charge in [0.15, 0.2) is 0 Å². The van der Waals surface area contributed by atoms with E-state index < -0.39 is 21.9 Å². The number of nitrogens with zero attached hydrogens (tertiary/aromatic N) is 2. The maximum atomic E-state index is 13.3. The summed E-state index contributed by atoms with van der Waals surface area (Å²) in [7, 11) is -3.91. The van der Waals surface area contributed by atoms with Crippen LogP contribution in [0.25, 0.3) is 0 Å². The summed E-state index contributed by atoms with van der Waals surface area (Å²) in [6, 6.07) is 15.3. The molecular weight excluding hydrogens is 417 g/mol. The molecular formula is C23H22FN3O3S. The molecule has 1 N–H and O–H groups in total. The van der Waals surface area contributed by atoms with E-state index in [1.165, 1.54) is 16.4 Å². The van der Waals surface area contributed by atoms with Crippen LogP contribution >= 0.6 is 0 Å². The normalized spacial score (nSPS) is 16.5. The highest BCUT2D eigenvalue weighted by Crippen LogP contribution is 2.36. The largest absolute Gasteiger partial charge is 0.352 e. The van der Waals surface area contributed by atoms with Crippen molar-refractivity contribution in [2.75, 3.05) is 6.54 Å². The van der Waals surface area contributed by atoms with Crippen LogP contribution in [0, 0.1) is 5.82 Å². The van der Waals surface area contributed by atoms with Gasteiger partial charge in [-0.2, -0.15) is 4.31 Å². The van der Waals surface area contributed by atoms with Crippen molar-refractivity contribution in [3.05, 3.63) is 95.6 Å². The Balaban J connectivity index is 1.60. The second-order valence-electron chi connectivity index (χ2n) is 7.38. The summed E-state index contributed by atoms with van der Waals surface area (Å²) in [6.45, 7) is 0.559. The van der Waals surface area contributed by atoms with E-state index in [2.05, 4.69) is 10.3 Å². The van der Waals surface area contributed by atoms with Crippen LogP contribution in [0.3, 0.4) is 0 Å². The number of fused-ring (bicyclic) bond motifs is 1. The number of pyridine rings is 1. The molecule has 1 unspecified atom stereocenters. The molecule has 1 atom stereocenters. The number of hydrogen-bond donors (Lipinski definition) is 1.